The number of ketones is 1. The molecule has 0 amide bonds. The molecular weight excluding hydrogens is 351 g/mol. The molecule has 0 aliphatic rings. The van der Waals surface area contributed by atoms with Crippen molar-refractivity contribution in [1.29, 1.82) is 0 Å². The number of rotatable bonds is 3. The molecule has 0 N–H and O–H groups in total. The van der Waals surface area contributed by atoms with E-state index in [1.54, 1.807) is 30.3 Å². The topological polar surface area (TPSA) is 34.1 Å². The summed E-state index contributed by atoms with van der Waals surface area (Å²) in [5, 5.41) is 0.851. The van der Waals surface area contributed by atoms with Crippen LogP contribution >= 0.6 is 39.1 Å². The van der Waals surface area contributed by atoms with Crippen molar-refractivity contribution in [1.82, 2.24) is 0 Å². The van der Waals surface area contributed by atoms with Crippen LogP contribution in [0.1, 0.15) is 26.3 Å². The Morgan fingerprint density at radius 2 is 1.47 bits per heavy atom. The number of hydrogen-bond acceptors (Lipinski definition) is 2. The maximum absolute atomic E-state index is 12.3. The standard InChI is InChI=1S/C14H7BrCl2O2/c15-14(19)9-3-6-12(17)11(7-9)13(18)8-1-4-10(16)5-2-8/h1-7H. The zero-order chi connectivity index (χ0) is 14.0. The molecule has 19 heavy (non-hydrogen) atoms. The second kappa shape index (κ2) is 5.87. The smallest absolute Gasteiger partial charge is 0.228 e. The fourth-order valence-electron chi connectivity index (χ4n) is 1.58. The van der Waals surface area contributed by atoms with Crippen molar-refractivity contribution in [2.24, 2.45) is 0 Å². The highest BCUT2D eigenvalue weighted by Crippen LogP contribution is 2.23. The Bertz CT molecular complexity index is 651. The molecule has 0 saturated carbocycles. The Hall–Kier alpha value is -1.16. The zero-order valence-electron chi connectivity index (χ0n) is 9.49. The van der Waals surface area contributed by atoms with Crippen LogP contribution in [0.3, 0.4) is 0 Å². The summed E-state index contributed by atoms with van der Waals surface area (Å²) < 4.78 is -0.297. The van der Waals surface area contributed by atoms with Crippen LogP contribution < -0.4 is 0 Å². The number of hydrogen-bond donors (Lipinski definition) is 0. The van der Waals surface area contributed by atoms with E-state index < -0.39 is 0 Å². The van der Waals surface area contributed by atoms with Gasteiger partial charge in [-0.1, -0.05) is 23.2 Å². The summed E-state index contributed by atoms with van der Waals surface area (Å²) in [6.45, 7) is 0. The van der Waals surface area contributed by atoms with E-state index >= 15 is 0 Å². The summed E-state index contributed by atoms with van der Waals surface area (Å²) in [7, 11) is 0. The highest BCUT2D eigenvalue weighted by Gasteiger charge is 2.15. The predicted molar refractivity (Wildman–Crippen MR) is 79.6 cm³/mol. The molecule has 0 aromatic heterocycles. The van der Waals surface area contributed by atoms with Crippen molar-refractivity contribution in [3.05, 3.63) is 69.2 Å². The molecule has 2 nitrogen and oxygen atoms in total. The maximum atomic E-state index is 12.3. The second-order valence-corrected chi connectivity index (χ2v) is 5.37. The summed E-state index contributed by atoms with van der Waals surface area (Å²) in [5.74, 6) is -0.253. The summed E-state index contributed by atoms with van der Waals surface area (Å²) in [6, 6.07) is 11.0. The van der Waals surface area contributed by atoms with Gasteiger partial charge in [0.15, 0.2) is 5.78 Å². The predicted octanol–water partition coefficient (Wildman–Crippen LogP) is 4.76. The first-order valence-corrected chi connectivity index (χ1v) is 6.83. The number of carbonyl (C=O) groups excluding carboxylic acids is 2. The van der Waals surface area contributed by atoms with Crippen molar-refractivity contribution in [3.8, 4) is 0 Å². The Morgan fingerprint density at radius 3 is 2.05 bits per heavy atom. The van der Waals surface area contributed by atoms with Crippen molar-refractivity contribution in [3.63, 3.8) is 0 Å². The van der Waals surface area contributed by atoms with Crippen LogP contribution in [0.5, 0.6) is 0 Å². The van der Waals surface area contributed by atoms with Gasteiger partial charge in [0.1, 0.15) is 0 Å². The summed E-state index contributed by atoms with van der Waals surface area (Å²) in [4.78, 5) is 23.6. The van der Waals surface area contributed by atoms with Crippen LogP contribution in [0.4, 0.5) is 0 Å². The summed E-state index contributed by atoms with van der Waals surface area (Å²) >= 11 is 14.6. The first kappa shape index (κ1) is 14.3. The van der Waals surface area contributed by atoms with Gasteiger partial charge in [-0.25, -0.2) is 0 Å². The number of benzene rings is 2. The van der Waals surface area contributed by atoms with Gasteiger partial charge in [0.25, 0.3) is 0 Å². The molecule has 0 aliphatic heterocycles. The van der Waals surface area contributed by atoms with E-state index in [0.29, 0.717) is 21.2 Å². The molecule has 0 atom stereocenters. The molecule has 0 saturated heterocycles. The second-order valence-electron chi connectivity index (χ2n) is 3.80. The first-order valence-electron chi connectivity index (χ1n) is 5.28. The zero-order valence-corrected chi connectivity index (χ0v) is 12.6. The normalized spacial score (nSPS) is 10.3. The molecule has 0 fully saturated rings. The molecule has 0 unspecified atom stereocenters. The SMILES string of the molecule is O=C(Br)c1ccc(Cl)c(C(=O)c2ccc(Cl)cc2)c1. The Labute approximate surface area is 128 Å². The third-order valence-corrected chi connectivity index (χ3v) is 3.58. The average molecular weight is 358 g/mol. The molecule has 5 heteroatoms. The largest absolute Gasteiger partial charge is 0.289 e. The van der Waals surface area contributed by atoms with Crippen LogP contribution in [0.2, 0.25) is 10.0 Å². The molecule has 0 radical (unpaired) electrons. The third kappa shape index (κ3) is 3.24. The van der Waals surface area contributed by atoms with Gasteiger partial charge in [-0.05, 0) is 58.4 Å². The first-order chi connectivity index (χ1) is 8.99. The third-order valence-electron chi connectivity index (χ3n) is 2.54. The van der Waals surface area contributed by atoms with Gasteiger partial charge in [0, 0.05) is 21.7 Å². The van der Waals surface area contributed by atoms with Gasteiger partial charge in [0.2, 0.25) is 4.69 Å². The van der Waals surface area contributed by atoms with Crippen LogP contribution in [0, 0.1) is 0 Å². The molecular formula is C14H7BrCl2O2. The van der Waals surface area contributed by atoms with Crippen LogP contribution in [0.25, 0.3) is 0 Å². The molecule has 96 valence electrons. The van der Waals surface area contributed by atoms with Gasteiger partial charge >= 0.3 is 0 Å². The highest BCUT2D eigenvalue weighted by atomic mass is 79.9. The Kier molecular flexibility index (Phi) is 4.40. The molecule has 2 aromatic rings. The van der Waals surface area contributed by atoms with E-state index in [0.717, 1.165) is 0 Å². The summed E-state index contributed by atoms with van der Waals surface area (Å²) in [5.41, 5.74) is 1.13. The summed E-state index contributed by atoms with van der Waals surface area (Å²) in [6.07, 6.45) is 0. The lowest BCUT2D eigenvalue weighted by molar-refractivity contribution is 0.103. The lowest BCUT2D eigenvalue weighted by Crippen LogP contribution is -2.03. The van der Waals surface area contributed by atoms with Crippen molar-refractivity contribution < 1.29 is 9.59 Å². The fraction of sp³-hybridized carbons (Fsp3) is 0. The lowest BCUT2D eigenvalue weighted by Gasteiger charge is -2.05. The van der Waals surface area contributed by atoms with Crippen molar-refractivity contribution in [2.75, 3.05) is 0 Å². The van der Waals surface area contributed by atoms with E-state index in [2.05, 4.69) is 15.9 Å². The molecule has 0 spiro atoms. The van der Waals surface area contributed by atoms with E-state index in [-0.39, 0.29) is 16.0 Å². The average Bonchev–Trinajstić information content (AvgIpc) is 2.39. The molecule has 0 heterocycles. The Morgan fingerprint density at radius 1 is 0.895 bits per heavy atom. The Balaban J connectivity index is 2.46. The van der Waals surface area contributed by atoms with Crippen LogP contribution in [0.15, 0.2) is 42.5 Å². The quantitative estimate of drug-likeness (QED) is 0.586. The molecule has 0 bridgehead atoms. The monoisotopic (exact) mass is 356 g/mol. The molecule has 2 aromatic carbocycles. The van der Waals surface area contributed by atoms with Gasteiger partial charge in [-0.15, -0.1) is 0 Å². The molecule has 0 aliphatic carbocycles. The van der Waals surface area contributed by atoms with E-state index in [1.165, 1.54) is 12.1 Å². The number of carbonyl (C=O) groups is 2. The van der Waals surface area contributed by atoms with Crippen molar-refractivity contribution >= 4 is 49.6 Å². The minimum atomic E-state index is -0.297. The van der Waals surface area contributed by atoms with E-state index in [9.17, 15) is 9.59 Å². The van der Waals surface area contributed by atoms with Crippen LogP contribution in [-0.4, -0.2) is 10.5 Å². The maximum Gasteiger partial charge on any atom is 0.228 e. The van der Waals surface area contributed by atoms with Crippen molar-refractivity contribution in [2.45, 2.75) is 0 Å². The highest BCUT2D eigenvalue weighted by molar-refractivity contribution is 9.18. The minimum Gasteiger partial charge on any atom is -0.289 e. The minimum absolute atomic E-state index is 0.253. The van der Waals surface area contributed by atoms with E-state index in [4.69, 9.17) is 23.2 Å². The van der Waals surface area contributed by atoms with E-state index in [1.807, 2.05) is 0 Å². The van der Waals surface area contributed by atoms with Gasteiger partial charge in [-0.3, -0.25) is 9.59 Å². The van der Waals surface area contributed by atoms with Crippen LogP contribution in [-0.2, 0) is 0 Å². The molecule has 2 rings (SSSR count). The number of halogens is 3. The van der Waals surface area contributed by atoms with Gasteiger partial charge in [-0.2, -0.15) is 0 Å². The lowest BCUT2D eigenvalue weighted by atomic mass is 10.0. The van der Waals surface area contributed by atoms with Gasteiger partial charge in [0.05, 0.1) is 5.02 Å². The van der Waals surface area contributed by atoms with Gasteiger partial charge < -0.3 is 0 Å². The fourth-order valence-corrected chi connectivity index (χ4v) is 2.15.